The summed E-state index contributed by atoms with van der Waals surface area (Å²) in [5.74, 6) is 0.0110. The number of nitrogens with one attached hydrogen (secondary N) is 1. The number of nitrogen functional groups attached to an aromatic ring is 1. The normalized spacial score (nSPS) is 18.2. The molecule has 0 saturated carbocycles. The zero-order chi connectivity index (χ0) is 24.7. The Morgan fingerprint density at radius 1 is 1.11 bits per heavy atom. The standard InChI is InChI=1S/C28H30FN5O/c1-17(2)26-16-34(11-10-33(26)3)21-5-7-22(25(29)14-21)20-13-24(27(30)32-15-20)18-4-6-23-19(12-18)8-9-31-28(23)35/h4-7,12-15,26H,1,8-11,16H2,2-3H3,(H2,30,32)(H,31,35)/t26-/m0/s1. The molecule has 3 heterocycles. The summed E-state index contributed by atoms with van der Waals surface area (Å²) in [5, 5.41) is 2.86. The predicted molar refractivity (Wildman–Crippen MR) is 139 cm³/mol. The number of nitrogens with zero attached hydrogens (tertiary/aromatic N) is 3. The molecular weight excluding hydrogens is 441 g/mol. The second kappa shape index (κ2) is 9.15. The third kappa shape index (κ3) is 4.39. The van der Waals surface area contributed by atoms with Gasteiger partial charge in [-0.05, 0) is 61.9 Å². The number of hydrogen-bond donors (Lipinski definition) is 2. The summed E-state index contributed by atoms with van der Waals surface area (Å²) < 4.78 is 15.4. The van der Waals surface area contributed by atoms with Crippen LogP contribution in [0.25, 0.3) is 22.3 Å². The van der Waals surface area contributed by atoms with E-state index < -0.39 is 0 Å². The van der Waals surface area contributed by atoms with Gasteiger partial charge in [0, 0.05) is 66.4 Å². The lowest BCUT2D eigenvalue weighted by atomic mass is 9.94. The van der Waals surface area contributed by atoms with Crippen molar-refractivity contribution in [1.82, 2.24) is 15.2 Å². The number of hydrogen-bond acceptors (Lipinski definition) is 5. The number of piperazine rings is 1. The van der Waals surface area contributed by atoms with Crippen LogP contribution >= 0.6 is 0 Å². The molecule has 0 bridgehead atoms. The topological polar surface area (TPSA) is 74.5 Å². The van der Waals surface area contributed by atoms with Gasteiger partial charge < -0.3 is 16.0 Å². The Morgan fingerprint density at radius 2 is 1.91 bits per heavy atom. The van der Waals surface area contributed by atoms with Gasteiger partial charge in [-0.2, -0.15) is 0 Å². The van der Waals surface area contributed by atoms with Crippen LogP contribution in [0.1, 0.15) is 22.8 Å². The molecule has 0 aliphatic carbocycles. The summed E-state index contributed by atoms with van der Waals surface area (Å²) in [6.45, 7) is 9.29. The first kappa shape index (κ1) is 23.1. The number of rotatable bonds is 4. The van der Waals surface area contributed by atoms with Crippen molar-refractivity contribution in [2.45, 2.75) is 19.4 Å². The third-order valence-corrected chi connectivity index (χ3v) is 7.10. The summed E-state index contributed by atoms with van der Waals surface area (Å²) in [5.41, 5.74) is 12.6. The molecule has 0 unspecified atom stereocenters. The number of nitrogens with two attached hydrogens (primary N) is 1. The van der Waals surface area contributed by atoms with Crippen molar-refractivity contribution < 1.29 is 9.18 Å². The Morgan fingerprint density at radius 3 is 2.69 bits per heavy atom. The largest absolute Gasteiger partial charge is 0.383 e. The highest BCUT2D eigenvalue weighted by atomic mass is 19.1. The van der Waals surface area contributed by atoms with Crippen molar-refractivity contribution in [2.75, 3.05) is 43.9 Å². The molecule has 6 nitrogen and oxygen atoms in total. The van der Waals surface area contributed by atoms with Crippen LogP contribution in [0.5, 0.6) is 0 Å². The highest BCUT2D eigenvalue weighted by Gasteiger charge is 2.25. The molecule has 1 amide bonds. The van der Waals surface area contributed by atoms with Crippen LogP contribution in [-0.4, -0.2) is 55.1 Å². The van der Waals surface area contributed by atoms with E-state index in [9.17, 15) is 4.79 Å². The molecule has 1 saturated heterocycles. The van der Waals surface area contributed by atoms with Crippen LogP contribution in [0.2, 0.25) is 0 Å². The summed E-state index contributed by atoms with van der Waals surface area (Å²) in [4.78, 5) is 20.9. The van der Waals surface area contributed by atoms with Gasteiger partial charge in [0.15, 0.2) is 0 Å². The molecular formula is C28H30FN5O. The van der Waals surface area contributed by atoms with Gasteiger partial charge in [-0.3, -0.25) is 9.69 Å². The molecule has 0 radical (unpaired) electrons. The second-order valence-electron chi connectivity index (χ2n) is 9.49. The van der Waals surface area contributed by atoms with Crippen LogP contribution in [-0.2, 0) is 6.42 Å². The fourth-order valence-electron chi connectivity index (χ4n) is 5.02. The number of anilines is 2. The minimum Gasteiger partial charge on any atom is -0.383 e. The number of carbonyl (C=O) groups is 1. The summed E-state index contributed by atoms with van der Waals surface area (Å²) in [6, 6.07) is 13.2. The Balaban J connectivity index is 1.45. The molecule has 7 heteroatoms. The van der Waals surface area contributed by atoms with Gasteiger partial charge in [-0.1, -0.05) is 24.3 Å². The molecule has 1 aromatic heterocycles. The Kier molecular flexibility index (Phi) is 6.03. The van der Waals surface area contributed by atoms with Gasteiger partial charge in [-0.25, -0.2) is 9.37 Å². The van der Waals surface area contributed by atoms with E-state index in [-0.39, 0.29) is 17.8 Å². The van der Waals surface area contributed by atoms with Gasteiger partial charge in [0.2, 0.25) is 0 Å². The van der Waals surface area contributed by atoms with Crippen LogP contribution in [0, 0.1) is 5.82 Å². The summed E-state index contributed by atoms with van der Waals surface area (Å²) >= 11 is 0. The van der Waals surface area contributed by atoms with Gasteiger partial charge >= 0.3 is 0 Å². The zero-order valence-electron chi connectivity index (χ0n) is 20.1. The van der Waals surface area contributed by atoms with Crippen LogP contribution in [0.15, 0.2) is 60.8 Å². The summed E-state index contributed by atoms with van der Waals surface area (Å²) in [7, 11) is 2.10. The lowest BCUT2D eigenvalue weighted by Crippen LogP contribution is -2.51. The molecule has 1 fully saturated rings. The van der Waals surface area contributed by atoms with E-state index in [4.69, 9.17) is 5.73 Å². The average Bonchev–Trinajstić information content (AvgIpc) is 2.84. The van der Waals surface area contributed by atoms with Crippen LogP contribution in [0.3, 0.4) is 0 Å². The molecule has 2 aliphatic rings. The van der Waals surface area contributed by atoms with E-state index >= 15 is 4.39 Å². The SMILES string of the molecule is C=C(C)[C@@H]1CN(c2ccc(-c3cnc(N)c(-c4ccc5c(c4)CCNC5=O)c3)c(F)c2)CCN1C. The molecule has 3 N–H and O–H groups in total. The second-order valence-corrected chi connectivity index (χ2v) is 9.49. The number of aromatic nitrogens is 1. The van der Waals surface area contributed by atoms with Crippen molar-refractivity contribution in [3.05, 3.63) is 77.8 Å². The minimum absolute atomic E-state index is 0.0604. The molecule has 2 aromatic carbocycles. The van der Waals surface area contributed by atoms with Crippen molar-refractivity contribution in [1.29, 1.82) is 0 Å². The fraction of sp³-hybridized carbons (Fsp3) is 0.286. The van der Waals surface area contributed by atoms with Crippen molar-refractivity contribution in [3.63, 3.8) is 0 Å². The molecule has 180 valence electrons. The van der Waals surface area contributed by atoms with Gasteiger partial charge in [0.1, 0.15) is 11.6 Å². The number of amides is 1. The van der Waals surface area contributed by atoms with Crippen molar-refractivity contribution >= 4 is 17.4 Å². The van der Waals surface area contributed by atoms with E-state index in [2.05, 4.69) is 33.7 Å². The smallest absolute Gasteiger partial charge is 0.251 e. The monoisotopic (exact) mass is 471 g/mol. The Bertz CT molecular complexity index is 1320. The molecule has 0 spiro atoms. The zero-order valence-corrected chi connectivity index (χ0v) is 20.1. The fourth-order valence-corrected chi connectivity index (χ4v) is 5.02. The first-order valence-electron chi connectivity index (χ1n) is 11.9. The highest BCUT2D eigenvalue weighted by molar-refractivity contribution is 5.97. The molecule has 3 aromatic rings. The number of pyridine rings is 1. The number of halogens is 1. The summed E-state index contributed by atoms with van der Waals surface area (Å²) in [6.07, 6.45) is 2.37. The van der Waals surface area contributed by atoms with E-state index in [1.165, 1.54) is 0 Å². The van der Waals surface area contributed by atoms with E-state index in [0.29, 0.717) is 29.1 Å². The minimum atomic E-state index is -0.298. The Hall–Kier alpha value is -3.71. The maximum Gasteiger partial charge on any atom is 0.251 e. The van der Waals surface area contributed by atoms with Crippen molar-refractivity contribution in [3.8, 4) is 22.3 Å². The number of fused-ring (bicyclic) bond motifs is 1. The lowest BCUT2D eigenvalue weighted by molar-refractivity contribution is 0.0946. The van der Waals surface area contributed by atoms with E-state index in [0.717, 1.165) is 54.0 Å². The van der Waals surface area contributed by atoms with E-state index in [1.807, 2.05) is 43.3 Å². The van der Waals surface area contributed by atoms with Crippen LogP contribution < -0.4 is 16.0 Å². The maximum absolute atomic E-state index is 15.4. The molecule has 2 aliphatic heterocycles. The molecule has 5 rings (SSSR count). The first-order valence-corrected chi connectivity index (χ1v) is 11.9. The van der Waals surface area contributed by atoms with E-state index in [1.54, 1.807) is 12.3 Å². The number of benzene rings is 2. The average molecular weight is 472 g/mol. The van der Waals surface area contributed by atoms with Crippen molar-refractivity contribution in [2.24, 2.45) is 0 Å². The van der Waals surface area contributed by atoms with Gasteiger partial charge in [0.25, 0.3) is 5.91 Å². The van der Waals surface area contributed by atoms with Gasteiger partial charge in [-0.15, -0.1) is 0 Å². The lowest BCUT2D eigenvalue weighted by Gasteiger charge is -2.41. The molecule has 1 atom stereocenters. The number of carbonyl (C=O) groups excluding carboxylic acids is 1. The third-order valence-electron chi connectivity index (χ3n) is 7.10. The quantitative estimate of drug-likeness (QED) is 0.560. The first-order chi connectivity index (χ1) is 16.8. The highest BCUT2D eigenvalue weighted by Crippen LogP contribution is 2.34. The van der Waals surface area contributed by atoms with Gasteiger partial charge in [0.05, 0.1) is 0 Å². The van der Waals surface area contributed by atoms with Crippen LogP contribution in [0.4, 0.5) is 15.9 Å². The predicted octanol–water partition coefficient (Wildman–Crippen LogP) is 4.12. The molecule has 35 heavy (non-hydrogen) atoms. The maximum atomic E-state index is 15.4. The number of likely N-dealkylation sites (N-methyl/N-ethyl adjacent to an activating group) is 1. The Labute approximate surface area is 205 Å².